The third kappa shape index (κ3) is 5.20. The molecule has 2 aliphatic heterocycles. The Hall–Kier alpha value is -3.42. The lowest BCUT2D eigenvalue weighted by Crippen LogP contribution is -2.48. The van der Waals surface area contributed by atoms with Crippen molar-refractivity contribution in [3.63, 3.8) is 0 Å². The summed E-state index contributed by atoms with van der Waals surface area (Å²) in [7, 11) is 0. The maximum absolute atomic E-state index is 12.9. The summed E-state index contributed by atoms with van der Waals surface area (Å²) in [6, 6.07) is 10.4. The molecule has 2 N–H and O–H groups in total. The molecule has 3 heterocycles. The van der Waals surface area contributed by atoms with E-state index in [4.69, 9.17) is 0 Å². The molecule has 1 aromatic carbocycles. The van der Waals surface area contributed by atoms with Gasteiger partial charge in [0.15, 0.2) is 0 Å². The second-order valence-electron chi connectivity index (χ2n) is 8.02. The number of urea groups is 1. The van der Waals surface area contributed by atoms with Crippen molar-refractivity contribution < 1.29 is 14.4 Å². The van der Waals surface area contributed by atoms with E-state index in [2.05, 4.69) is 15.6 Å². The number of benzene rings is 1. The summed E-state index contributed by atoms with van der Waals surface area (Å²) in [5.41, 5.74) is 1.71. The van der Waals surface area contributed by atoms with Crippen LogP contribution in [0.3, 0.4) is 0 Å². The summed E-state index contributed by atoms with van der Waals surface area (Å²) in [5, 5.41) is 5.77. The van der Waals surface area contributed by atoms with Gasteiger partial charge in [0.1, 0.15) is 0 Å². The first kappa shape index (κ1) is 20.8. The van der Waals surface area contributed by atoms with E-state index in [1.54, 1.807) is 48.8 Å². The molecular weight excluding hydrogens is 394 g/mol. The number of pyridine rings is 1. The van der Waals surface area contributed by atoms with Crippen molar-refractivity contribution in [3.8, 4) is 0 Å². The van der Waals surface area contributed by atoms with Gasteiger partial charge >= 0.3 is 6.03 Å². The zero-order valence-corrected chi connectivity index (χ0v) is 17.4. The van der Waals surface area contributed by atoms with Gasteiger partial charge in [-0.1, -0.05) is 6.07 Å². The van der Waals surface area contributed by atoms with E-state index in [9.17, 15) is 14.4 Å². The summed E-state index contributed by atoms with van der Waals surface area (Å²) in [4.78, 5) is 45.5. The van der Waals surface area contributed by atoms with E-state index in [1.165, 1.54) is 0 Å². The molecule has 2 aliphatic rings. The summed E-state index contributed by atoms with van der Waals surface area (Å²) >= 11 is 0. The number of rotatable bonds is 4. The standard InChI is InChI=1S/C23H27N5O3/c29-21(17-8-10-24-11-9-17)25-19-6-3-7-20(15-19)26-22(30)18-5-4-14-28(16-18)23(31)27-12-1-2-13-27/h3,6-11,15,18H,1-2,4-5,12-14,16H2,(H,25,29)(H,26,30). The molecular formula is C23H27N5O3. The van der Waals surface area contributed by atoms with Gasteiger partial charge in [0.25, 0.3) is 5.91 Å². The molecule has 0 aliphatic carbocycles. The lowest BCUT2D eigenvalue weighted by Gasteiger charge is -2.34. The normalized spacial score (nSPS) is 18.5. The number of carbonyl (C=O) groups excluding carboxylic acids is 3. The van der Waals surface area contributed by atoms with Gasteiger partial charge in [-0.2, -0.15) is 0 Å². The smallest absolute Gasteiger partial charge is 0.320 e. The number of hydrogen-bond acceptors (Lipinski definition) is 4. The lowest BCUT2D eigenvalue weighted by molar-refractivity contribution is -0.121. The maximum Gasteiger partial charge on any atom is 0.320 e. The van der Waals surface area contributed by atoms with Crippen molar-refractivity contribution >= 4 is 29.2 Å². The van der Waals surface area contributed by atoms with Crippen LogP contribution in [0.2, 0.25) is 0 Å². The molecule has 4 amide bonds. The van der Waals surface area contributed by atoms with Crippen LogP contribution in [0, 0.1) is 5.92 Å². The van der Waals surface area contributed by atoms with Crippen LogP contribution in [0.25, 0.3) is 0 Å². The zero-order chi connectivity index (χ0) is 21.6. The predicted molar refractivity (Wildman–Crippen MR) is 118 cm³/mol. The van der Waals surface area contributed by atoms with Crippen LogP contribution >= 0.6 is 0 Å². The topological polar surface area (TPSA) is 94.6 Å². The first-order valence-electron chi connectivity index (χ1n) is 10.8. The highest BCUT2D eigenvalue weighted by Gasteiger charge is 2.31. The molecule has 8 heteroatoms. The Kier molecular flexibility index (Phi) is 6.45. The minimum Gasteiger partial charge on any atom is -0.326 e. The fraction of sp³-hybridized carbons (Fsp3) is 0.391. The lowest BCUT2D eigenvalue weighted by atomic mass is 9.97. The van der Waals surface area contributed by atoms with E-state index in [0.717, 1.165) is 38.8 Å². The molecule has 162 valence electrons. The van der Waals surface area contributed by atoms with Gasteiger partial charge in [0.2, 0.25) is 5.91 Å². The number of hydrogen-bond donors (Lipinski definition) is 2. The van der Waals surface area contributed by atoms with Crippen molar-refractivity contribution in [2.75, 3.05) is 36.8 Å². The Labute approximate surface area is 181 Å². The second-order valence-corrected chi connectivity index (χ2v) is 8.02. The van der Waals surface area contributed by atoms with Crippen molar-refractivity contribution in [2.45, 2.75) is 25.7 Å². The average molecular weight is 422 g/mol. The molecule has 2 aromatic rings. The number of carbonyl (C=O) groups is 3. The fourth-order valence-corrected chi connectivity index (χ4v) is 4.10. The number of likely N-dealkylation sites (tertiary alicyclic amines) is 2. The summed E-state index contributed by atoms with van der Waals surface area (Å²) in [5.74, 6) is -0.582. The zero-order valence-electron chi connectivity index (χ0n) is 17.4. The van der Waals surface area contributed by atoms with Crippen molar-refractivity contribution in [1.29, 1.82) is 0 Å². The first-order chi connectivity index (χ1) is 15.1. The average Bonchev–Trinajstić information content (AvgIpc) is 3.34. The van der Waals surface area contributed by atoms with Gasteiger partial charge in [0.05, 0.1) is 5.92 Å². The molecule has 2 fully saturated rings. The minimum atomic E-state index is -0.241. The van der Waals surface area contributed by atoms with Crippen LogP contribution in [0.15, 0.2) is 48.8 Å². The molecule has 1 atom stereocenters. The molecule has 2 saturated heterocycles. The fourth-order valence-electron chi connectivity index (χ4n) is 4.10. The number of amides is 4. The third-order valence-electron chi connectivity index (χ3n) is 5.77. The largest absolute Gasteiger partial charge is 0.326 e. The Morgan fingerprint density at radius 2 is 1.55 bits per heavy atom. The number of piperidine rings is 1. The van der Waals surface area contributed by atoms with Crippen LogP contribution in [-0.4, -0.2) is 58.8 Å². The van der Waals surface area contributed by atoms with Crippen LogP contribution in [0.1, 0.15) is 36.0 Å². The number of aromatic nitrogens is 1. The quantitative estimate of drug-likeness (QED) is 0.793. The van der Waals surface area contributed by atoms with Crippen LogP contribution in [-0.2, 0) is 4.79 Å². The van der Waals surface area contributed by atoms with Crippen LogP contribution in [0.4, 0.5) is 16.2 Å². The first-order valence-corrected chi connectivity index (χ1v) is 10.8. The number of nitrogens with one attached hydrogen (secondary N) is 2. The highest BCUT2D eigenvalue weighted by Crippen LogP contribution is 2.22. The Morgan fingerprint density at radius 3 is 2.29 bits per heavy atom. The van der Waals surface area contributed by atoms with Crippen LogP contribution in [0.5, 0.6) is 0 Å². The highest BCUT2D eigenvalue weighted by atomic mass is 16.2. The molecule has 31 heavy (non-hydrogen) atoms. The second kappa shape index (κ2) is 9.59. The van der Waals surface area contributed by atoms with E-state index in [-0.39, 0.29) is 23.8 Å². The molecule has 1 aromatic heterocycles. The van der Waals surface area contributed by atoms with Gasteiger partial charge < -0.3 is 20.4 Å². The predicted octanol–water partition coefficient (Wildman–Crippen LogP) is 3.20. The molecule has 0 bridgehead atoms. The highest BCUT2D eigenvalue weighted by molar-refractivity contribution is 6.04. The molecule has 8 nitrogen and oxygen atoms in total. The van der Waals surface area contributed by atoms with Gasteiger partial charge in [-0.05, 0) is 56.0 Å². The number of nitrogens with zero attached hydrogens (tertiary/aromatic N) is 3. The number of anilines is 2. The molecule has 0 saturated carbocycles. The van der Waals surface area contributed by atoms with Gasteiger partial charge in [-0.3, -0.25) is 14.6 Å². The molecule has 4 rings (SSSR count). The SMILES string of the molecule is O=C(Nc1cccc(NC(=O)C2CCCN(C(=O)N3CCCC3)C2)c1)c1ccncc1. The van der Waals surface area contributed by atoms with Crippen LogP contribution < -0.4 is 10.6 Å². The maximum atomic E-state index is 12.9. The third-order valence-corrected chi connectivity index (χ3v) is 5.77. The molecule has 1 unspecified atom stereocenters. The summed E-state index contributed by atoms with van der Waals surface area (Å²) < 4.78 is 0. The molecule has 0 radical (unpaired) electrons. The van der Waals surface area contributed by atoms with Gasteiger partial charge in [-0.15, -0.1) is 0 Å². The molecule has 0 spiro atoms. The minimum absolute atomic E-state index is 0.0517. The van der Waals surface area contributed by atoms with Crippen molar-refractivity contribution in [1.82, 2.24) is 14.8 Å². The van der Waals surface area contributed by atoms with E-state index >= 15 is 0 Å². The summed E-state index contributed by atoms with van der Waals surface area (Å²) in [6.07, 6.45) is 6.81. The van der Waals surface area contributed by atoms with Gasteiger partial charge in [0, 0.05) is 55.5 Å². The summed E-state index contributed by atoms with van der Waals surface area (Å²) in [6.45, 7) is 2.77. The Balaban J connectivity index is 1.35. The van der Waals surface area contributed by atoms with E-state index < -0.39 is 0 Å². The van der Waals surface area contributed by atoms with Gasteiger partial charge in [-0.25, -0.2) is 4.79 Å². The Bertz CT molecular complexity index is 943. The Morgan fingerprint density at radius 1 is 0.871 bits per heavy atom. The van der Waals surface area contributed by atoms with E-state index in [0.29, 0.717) is 30.0 Å². The van der Waals surface area contributed by atoms with E-state index in [1.807, 2.05) is 9.80 Å². The monoisotopic (exact) mass is 421 g/mol. The van der Waals surface area contributed by atoms with Crippen molar-refractivity contribution in [2.24, 2.45) is 5.92 Å². The van der Waals surface area contributed by atoms with Crippen molar-refractivity contribution in [3.05, 3.63) is 54.4 Å².